The maximum absolute atomic E-state index is 12.9. The van der Waals surface area contributed by atoms with Crippen LogP contribution in [0.2, 0.25) is 0 Å². The molecule has 1 amide bonds. The van der Waals surface area contributed by atoms with Crippen LogP contribution in [0, 0.1) is 12.8 Å². The molecule has 2 aromatic carbocycles. The van der Waals surface area contributed by atoms with Crippen molar-refractivity contribution >= 4 is 18.1 Å². The molecule has 1 atom stereocenters. The highest BCUT2D eigenvalue weighted by atomic mass is 16.5. The van der Waals surface area contributed by atoms with E-state index in [1.54, 1.807) is 13.4 Å². The first-order valence-electron chi connectivity index (χ1n) is 13.7. The van der Waals surface area contributed by atoms with Crippen LogP contribution in [0.25, 0.3) is 17.8 Å². The second-order valence-corrected chi connectivity index (χ2v) is 10.5. The summed E-state index contributed by atoms with van der Waals surface area (Å²) in [6.45, 7) is 4.47. The molecule has 200 valence electrons. The van der Waals surface area contributed by atoms with Gasteiger partial charge in [-0.1, -0.05) is 30.3 Å². The molecule has 0 aliphatic carbocycles. The smallest absolute Gasteiger partial charge is 0.253 e. The van der Waals surface area contributed by atoms with E-state index >= 15 is 0 Å². The molecule has 0 N–H and O–H groups in total. The van der Waals surface area contributed by atoms with E-state index in [2.05, 4.69) is 15.7 Å². The molecule has 0 spiro atoms. The molecule has 1 unspecified atom stereocenters. The van der Waals surface area contributed by atoms with Crippen LogP contribution < -0.4 is 4.74 Å². The molecule has 39 heavy (non-hydrogen) atoms. The Kier molecular flexibility index (Phi) is 7.00. The number of aryl methyl sites for hydroxylation is 2. The van der Waals surface area contributed by atoms with Crippen LogP contribution >= 0.6 is 0 Å². The van der Waals surface area contributed by atoms with Crippen LogP contribution in [-0.2, 0) is 6.54 Å². The number of imidazole rings is 1. The summed E-state index contributed by atoms with van der Waals surface area (Å²) >= 11 is 0. The van der Waals surface area contributed by atoms with Gasteiger partial charge in [0.15, 0.2) is 5.82 Å². The first kappa shape index (κ1) is 25.1. The van der Waals surface area contributed by atoms with E-state index in [0.717, 1.165) is 85.2 Å². The third kappa shape index (κ3) is 5.24. The molecular formula is C31H34N6O2. The Morgan fingerprint density at radius 2 is 1.85 bits per heavy atom. The molecule has 0 radical (unpaired) electrons. The fourth-order valence-electron chi connectivity index (χ4n) is 5.92. The number of hydrogen-bond donors (Lipinski definition) is 0. The Balaban J connectivity index is 1.14. The Morgan fingerprint density at radius 1 is 1.03 bits per heavy atom. The number of carbonyl (C=O) groups is 1. The van der Waals surface area contributed by atoms with Crippen molar-refractivity contribution in [2.75, 3.05) is 20.2 Å². The van der Waals surface area contributed by atoms with Gasteiger partial charge in [-0.05, 0) is 74.4 Å². The number of carbonyl (C=O) groups excluding carboxylic acids is 1. The number of amides is 1. The lowest BCUT2D eigenvalue weighted by Gasteiger charge is -2.37. The largest absolute Gasteiger partial charge is 0.495 e. The normalized spacial score (nSPS) is 17.9. The van der Waals surface area contributed by atoms with Crippen LogP contribution in [-0.4, -0.2) is 55.3 Å². The fraction of sp³-hybridized carbons (Fsp3) is 0.355. The van der Waals surface area contributed by atoms with Gasteiger partial charge in [-0.2, -0.15) is 5.10 Å². The van der Waals surface area contributed by atoms with Crippen LogP contribution in [0.15, 0.2) is 61.1 Å². The van der Waals surface area contributed by atoms with Gasteiger partial charge in [-0.3, -0.25) is 4.79 Å². The van der Waals surface area contributed by atoms with E-state index in [1.165, 1.54) is 0 Å². The van der Waals surface area contributed by atoms with Gasteiger partial charge >= 0.3 is 0 Å². The monoisotopic (exact) mass is 522 g/mol. The van der Waals surface area contributed by atoms with Crippen molar-refractivity contribution in [3.8, 4) is 11.4 Å². The summed E-state index contributed by atoms with van der Waals surface area (Å²) in [7, 11) is 1.68. The molecule has 4 heterocycles. The Labute approximate surface area is 229 Å². The van der Waals surface area contributed by atoms with Crippen molar-refractivity contribution in [3.05, 3.63) is 89.5 Å². The maximum Gasteiger partial charge on any atom is 0.253 e. The van der Waals surface area contributed by atoms with E-state index in [1.807, 2.05) is 77.2 Å². The number of rotatable bonds is 6. The number of likely N-dealkylation sites (tertiary alicyclic amines) is 1. The molecular weight excluding hydrogens is 488 g/mol. The molecule has 6 rings (SSSR count). The van der Waals surface area contributed by atoms with Crippen LogP contribution in [0.3, 0.4) is 0 Å². The number of fused-ring (bicyclic) bond motifs is 1. The third-order valence-corrected chi connectivity index (χ3v) is 7.97. The SMILES string of the molecule is COc1cc(C=Cc2nc3n(n2)CCCC3C2CCN(C(=O)c3ccccc3)CC2)ccc1-n1cnc(C)c1. The zero-order valence-electron chi connectivity index (χ0n) is 22.5. The zero-order valence-corrected chi connectivity index (χ0v) is 22.5. The zero-order chi connectivity index (χ0) is 26.8. The summed E-state index contributed by atoms with van der Waals surface area (Å²) in [5.74, 6) is 3.66. The molecule has 8 nitrogen and oxygen atoms in total. The van der Waals surface area contributed by atoms with Crippen molar-refractivity contribution in [2.45, 2.75) is 45.1 Å². The number of methoxy groups -OCH3 is 1. The number of aromatic nitrogens is 5. The topological polar surface area (TPSA) is 78.1 Å². The van der Waals surface area contributed by atoms with Gasteiger partial charge in [-0.25, -0.2) is 14.6 Å². The van der Waals surface area contributed by atoms with E-state index in [9.17, 15) is 4.79 Å². The van der Waals surface area contributed by atoms with Gasteiger partial charge in [0.05, 0.1) is 24.8 Å². The standard InChI is InChI=1S/C31H34N6O2/c1-22-20-36(21-32-22)27-12-10-23(19-28(27)39-2)11-13-29-33-30-26(9-6-16-37(30)34-29)24-14-17-35(18-15-24)31(38)25-7-4-3-5-8-25/h3-5,7-8,10-13,19-21,24,26H,6,9,14-18H2,1-2H3. The van der Waals surface area contributed by atoms with E-state index in [4.69, 9.17) is 14.8 Å². The highest BCUT2D eigenvalue weighted by Gasteiger charge is 2.34. The number of benzene rings is 2. The molecule has 8 heteroatoms. The van der Waals surface area contributed by atoms with Gasteiger partial charge < -0.3 is 14.2 Å². The first-order valence-corrected chi connectivity index (χ1v) is 13.7. The van der Waals surface area contributed by atoms with Gasteiger partial charge in [0.25, 0.3) is 5.91 Å². The van der Waals surface area contributed by atoms with Crippen molar-refractivity contribution < 1.29 is 9.53 Å². The van der Waals surface area contributed by atoms with Gasteiger partial charge in [0.2, 0.25) is 0 Å². The Bertz CT molecular complexity index is 1480. The van der Waals surface area contributed by atoms with Crippen LogP contribution in [0.4, 0.5) is 0 Å². The number of nitrogens with zero attached hydrogens (tertiary/aromatic N) is 6. The predicted molar refractivity (Wildman–Crippen MR) is 151 cm³/mol. The van der Waals surface area contributed by atoms with E-state index < -0.39 is 0 Å². The van der Waals surface area contributed by atoms with Crippen LogP contribution in [0.1, 0.15) is 64.9 Å². The van der Waals surface area contributed by atoms with Gasteiger partial charge in [0.1, 0.15) is 11.6 Å². The van der Waals surface area contributed by atoms with E-state index in [0.29, 0.717) is 11.8 Å². The third-order valence-electron chi connectivity index (χ3n) is 7.97. The summed E-state index contributed by atoms with van der Waals surface area (Å²) in [5.41, 5.74) is 3.70. The van der Waals surface area contributed by atoms with E-state index in [-0.39, 0.29) is 5.91 Å². The molecule has 0 bridgehead atoms. The first-order chi connectivity index (χ1) is 19.1. The highest BCUT2D eigenvalue weighted by molar-refractivity contribution is 5.94. The minimum Gasteiger partial charge on any atom is -0.495 e. The summed E-state index contributed by atoms with van der Waals surface area (Å²) in [5, 5.41) is 4.81. The van der Waals surface area contributed by atoms with Gasteiger partial charge in [-0.15, -0.1) is 0 Å². The molecule has 2 aliphatic rings. The quantitative estimate of drug-likeness (QED) is 0.340. The average Bonchev–Trinajstić information content (AvgIpc) is 3.62. The summed E-state index contributed by atoms with van der Waals surface area (Å²) < 4.78 is 9.72. The fourth-order valence-corrected chi connectivity index (χ4v) is 5.92. The number of hydrogen-bond acceptors (Lipinski definition) is 5. The minimum absolute atomic E-state index is 0.137. The second-order valence-electron chi connectivity index (χ2n) is 10.5. The van der Waals surface area contributed by atoms with Crippen molar-refractivity contribution in [1.29, 1.82) is 0 Å². The molecule has 1 saturated heterocycles. The Morgan fingerprint density at radius 3 is 2.59 bits per heavy atom. The molecule has 2 aromatic heterocycles. The lowest BCUT2D eigenvalue weighted by molar-refractivity contribution is 0.0669. The summed E-state index contributed by atoms with van der Waals surface area (Å²) in [4.78, 5) is 24.2. The Hall–Kier alpha value is -4.20. The highest BCUT2D eigenvalue weighted by Crippen LogP contribution is 2.38. The number of piperidine rings is 1. The van der Waals surface area contributed by atoms with Crippen LogP contribution in [0.5, 0.6) is 5.75 Å². The van der Waals surface area contributed by atoms with Crippen molar-refractivity contribution in [1.82, 2.24) is 29.2 Å². The molecule has 2 aliphatic heterocycles. The second kappa shape index (κ2) is 10.9. The lowest BCUT2D eigenvalue weighted by Crippen LogP contribution is -2.40. The van der Waals surface area contributed by atoms with Crippen molar-refractivity contribution in [3.63, 3.8) is 0 Å². The lowest BCUT2D eigenvalue weighted by atomic mass is 9.80. The molecule has 1 fully saturated rings. The maximum atomic E-state index is 12.9. The predicted octanol–water partition coefficient (Wildman–Crippen LogP) is 5.38. The molecule has 4 aromatic rings. The molecule has 0 saturated carbocycles. The number of ether oxygens (including phenoxy) is 1. The summed E-state index contributed by atoms with van der Waals surface area (Å²) in [6.07, 6.45) is 12.0. The average molecular weight is 523 g/mol. The summed E-state index contributed by atoms with van der Waals surface area (Å²) in [6, 6.07) is 15.7. The minimum atomic E-state index is 0.137. The van der Waals surface area contributed by atoms with Gasteiger partial charge in [0, 0.05) is 37.3 Å². The van der Waals surface area contributed by atoms with Crippen molar-refractivity contribution in [2.24, 2.45) is 5.92 Å².